The van der Waals surface area contributed by atoms with Crippen LogP contribution in [0.15, 0.2) is 24.3 Å². The van der Waals surface area contributed by atoms with Crippen molar-refractivity contribution in [2.75, 3.05) is 13.7 Å². The Morgan fingerprint density at radius 1 is 1.27 bits per heavy atom. The number of methoxy groups -OCH3 is 1. The minimum atomic E-state index is -0.981. The lowest BCUT2D eigenvalue weighted by molar-refractivity contribution is -0.144. The Morgan fingerprint density at radius 2 is 1.96 bits per heavy atom. The highest BCUT2D eigenvalue weighted by molar-refractivity contribution is 5.96. The molecule has 8 heteroatoms. The first-order valence-corrected chi connectivity index (χ1v) is 8.53. The van der Waals surface area contributed by atoms with Crippen molar-refractivity contribution >= 4 is 11.9 Å². The fourth-order valence-corrected chi connectivity index (χ4v) is 3.25. The van der Waals surface area contributed by atoms with Crippen LogP contribution >= 0.6 is 0 Å². The first-order chi connectivity index (χ1) is 12.4. The molecule has 0 radical (unpaired) electrons. The number of benzene rings is 1. The zero-order valence-corrected chi connectivity index (χ0v) is 15.0. The number of likely N-dealkylation sites (tertiary alicyclic amines) is 1. The molecule has 2 atom stereocenters. The van der Waals surface area contributed by atoms with Crippen molar-refractivity contribution in [1.82, 2.24) is 19.9 Å². The maximum Gasteiger partial charge on any atom is 0.326 e. The number of carboxylic acid groups (broad SMARTS) is 1. The molecule has 0 spiro atoms. The first kappa shape index (κ1) is 17.9. The van der Waals surface area contributed by atoms with E-state index < -0.39 is 12.0 Å². The maximum atomic E-state index is 12.9. The summed E-state index contributed by atoms with van der Waals surface area (Å²) in [4.78, 5) is 25.9. The van der Waals surface area contributed by atoms with Gasteiger partial charge in [-0.1, -0.05) is 12.1 Å². The van der Waals surface area contributed by atoms with E-state index in [2.05, 4.69) is 10.3 Å². The van der Waals surface area contributed by atoms with Crippen LogP contribution in [0.2, 0.25) is 0 Å². The number of piperidine rings is 1. The summed E-state index contributed by atoms with van der Waals surface area (Å²) in [6.45, 7) is 4.16. The molecule has 1 aromatic carbocycles. The maximum absolute atomic E-state index is 12.9. The van der Waals surface area contributed by atoms with Crippen molar-refractivity contribution in [2.45, 2.75) is 32.7 Å². The predicted molar refractivity (Wildman–Crippen MR) is 93.5 cm³/mol. The third-order valence-corrected chi connectivity index (χ3v) is 4.82. The van der Waals surface area contributed by atoms with E-state index in [1.54, 1.807) is 30.8 Å². The number of amides is 1. The van der Waals surface area contributed by atoms with E-state index in [9.17, 15) is 14.7 Å². The van der Waals surface area contributed by atoms with E-state index in [4.69, 9.17) is 4.74 Å². The lowest BCUT2D eigenvalue weighted by atomic mass is 9.92. The number of carboxylic acids is 1. The van der Waals surface area contributed by atoms with Gasteiger partial charge in [-0.3, -0.25) is 4.79 Å². The molecule has 1 fully saturated rings. The highest BCUT2D eigenvalue weighted by Crippen LogP contribution is 2.25. The molecule has 26 heavy (non-hydrogen) atoms. The van der Waals surface area contributed by atoms with Crippen molar-refractivity contribution in [3.8, 4) is 11.4 Å². The van der Waals surface area contributed by atoms with E-state index >= 15 is 0 Å². The van der Waals surface area contributed by atoms with E-state index in [-0.39, 0.29) is 17.5 Å². The van der Waals surface area contributed by atoms with Crippen LogP contribution in [0.5, 0.6) is 5.75 Å². The summed E-state index contributed by atoms with van der Waals surface area (Å²) in [5.74, 6) is -0.377. The first-order valence-electron chi connectivity index (χ1n) is 8.53. The van der Waals surface area contributed by atoms with Crippen LogP contribution in [0.3, 0.4) is 0 Å². The molecule has 2 aromatic rings. The molecule has 138 valence electrons. The summed E-state index contributed by atoms with van der Waals surface area (Å²) in [5.41, 5.74) is 1.50. The average molecular weight is 358 g/mol. The van der Waals surface area contributed by atoms with Crippen LogP contribution in [0.25, 0.3) is 5.69 Å². The largest absolute Gasteiger partial charge is 0.497 e. The Labute approximate surface area is 151 Å². The number of hydrogen-bond donors (Lipinski definition) is 1. The monoisotopic (exact) mass is 358 g/mol. The highest BCUT2D eigenvalue weighted by Gasteiger charge is 2.36. The second kappa shape index (κ2) is 7.15. The van der Waals surface area contributed by atoms with E-state index in [0.29, 0.717) is 18.7 Å². The van der Waals surface area contributed by atoms with E-state index in [1.807, 2.05) is 19.1 Å². The number of hydrogen-bond acceptors (Lipinski definition) is 5. The molecular weight excluding hydrogens is 336 g/mol. The number of nitrogens with zero attached hydrogens (tertiary/aromatic N) is 4. The normalized spacial score (nSPS) is 20.0. The van der Waals surface area contributed by atoms with E-state index in [1.165, 1.54) is 4.90 Å². The predicted octanol–water partition coefficient (Wildman–Crippen LogP) is 1.91. The van der Waals surface area contributed by atoms with Gasteiger partial charge in [-0.25, -0.2) is 9.48 Å². The van der Waals surface area contributed by atoms with Crippen LogP contribution < -0.4 is 4.74 Å². The van der Waals surface area contributed by atoms with Crippen LogP contribution in [0.1, 0.15) is 35.9 Å². The van der Waals surface area contributed by atoms with Crippen molar-refractivity contribution < 1.29 is 19.4 Å². The summed E-state index contributed by atoms with van der Waals surface area (Å²) in [6.07, 6.45) is 1.23. The van der Waals surface area contributed by atoms with Crippen LogP contribution in [0.4, 0.5) is 0 Å². The zero-order valence-electron chi connectivity index (χ0n) is 15.0. The fraction of sp³-hybridized carbons (Fsp3) is 0.444. The van der Waals surface area contributed by atoms with Crippen LogP contribution in [-0.4, -0.2) is 56.6 Å². The lowest BCUT2D eigenvalue weighted by Gasteiger charge is -2.35. The Kier molecular flexibility index (Phi) is 4.92. The van der Waals surface area contributed by atoms with Crippen molar-refractivity contribution in [3.63, 3.8) is 0 Å². The number of carbonyl (C=O) groups is 2. The van der Waals surface area contributed by atoms with Gasteiger partial charge in [0.2, 0.25) is 0 Å². The molecule has 0 saturated carbocycles. The molecule has 1 aliphatic heterocycles. The molecule has 1 N–H and O–H groups in total. The molecule has 8 nitrogen and oxygen atoms in total. The molecule has 1 amide bonds. The van der Waals surface area contributed by atoms with Gasteiger partial charge in [0.05, 0.1) is 18.5 Å². The Balaban J connectivity index is 1.88. The van der Waals surface area contributed by atoms with Gasteiger partial charge in [-0.15, -0.1) is 5.10 Å². The third kappa shape index (κ3) is 3.26. The van der Waals surface area contributed by atoms with Crippen molar-refractivity contribution in [2.24, 2.45) is 5.92 Å². The standard InChI is InChI=1S/C18H22N4O4/c1-11-8-9-21(15(10-11)18(24)25)17(23)16-12(2)22(20-19-16)13-4-6-14(26-3)7-5-13/h4-7,11,15H,8-10H2,1-3H3,(H,24,25). The van der Waals surface area contributed by atoms with Gasteiger partial charge in [0.1, 0.15) is 11.8 Å². The summed E-state index contributed by atoms with van der Waals surface area (Å²) in [7, 11) is 1.59. The summed E-state index contributed by atoms with van der Waals surface area (Å²) < 4.78 is 6.70. The molecule has 2 unspecified atom stereocenters. The molecule has 1 saturated heterocycles. The van der Waals surface area contributed by atoms with Gasteiger partial charge < -0.3 is 14.7 Å². The van der Waals surface area contributed by atoms with Crippen molar-refractivity contribution in [1.29, 1.82) is 0 Å². The SMILES string of the molecule is COc1ccc(-n2nnc(C(=O)N3CCC(C)CC3C(=O)O)c2C)cc1. The van der Waals surface area contributed by atoms with Gasteiger partial charge in [-0.05, 0) is 49.9 Å². The summed E-state index contributed by atoms with van der Waals surface area (Å²) >= 11 is 0. The number of rotatable bonds is 4. The number of ether oxygens (including phenoxy) is 1. The van der Waals surface area contributed by atoms with Crippen LogP contribution in [0, 0.1) is 12.8 Å². The molecule has 1 aromatic heterocycles. The molecule has 1 aliphatic rings. The van der Waals surface area contributed by atoms with Gasteiger partial charge in [0, 0.05) is 6.54 Å². The van der Waals surface area contributed by atoms with Crippen molar-refractivity contribution in [3.05, 3.63) is 35.7 Å². The molecule has 2 heterocycles. The minimum absolute atomic E-state index is 0.182. The number of carbonyl (C=O) groups excluding carboxylic acids is 1. The quantitative estimate of drug-likeness (QED) is 0.897. The Morgan fingerprint density at radius 3 is 2.58 bits per heavy atom. The summed E-state index contributed by atoms with van der Waals surface area (Å²) in [5, 5.41) is 17.6. The number of aliphatic carboxylic acids is 1. The molecule has 0 aliphatic carbocycles. The third-order valence-electron chi connectivity index (χ3n) is 4.82. The van der Waals surface area contributed by atoms with Gasteiger partial charge in [-0.2, -0.15) is 0 Å². The van der Waals surface area contributed by atoms with E-state index in [0.717, 1.165) is 17.9 Å². The summed E-state index contributed by atoms with van der Waals surface area (Å²) in [6, 6.07) is 6.40. The second-order valence-electron chi connectivity index (χ2n) is 6.62. The fourth-order valence-electron chi connectivity index (χ4n) is 3.25. The Hall–Kier alpha value is -2.90. The molecule has 3 rings (SSSR count). The lowest BCUT2D eigenvalue weighted by Crippen LogP contribution is -2.50. The molecule has 0 bridgehead atoms. The second-order valence-corrected chi connectivity index (χ2v) is 6.62. The Bertz CT molecular complexity index is 815. The van der Waals surface area contributed by atoms with Gasteiger partial charge >= 0.3 is 5.97 Å². The van der Waals surface area contributed by atoms with Gasteiger partial charge in [0.15, 0.2) is 5.69 Å². The minimum Gasteiger partial charge on any atom is -0.497 e. The van der Waals surface area contributed by atoms with Gasteiger partial charge in [0.25, 0.3) is 5.91 Å². The highest BCUT2D eigenvalue weighted by atomic mass is 16.5. The topological polar surface area (TPSA) is 97.5 Å². The zero-order chi connectivity index (χ0) is 18.8. The number of aromatic nitrogens is 3. The molecular formula is C18H22N4O4. The van der Waals surface area contributed by atoms with Crippen LogP contribution in [-0.2, 0) is 4.79 Å². The average Bonchev–Trinajstić information content (AvgIpc) is 3.02. The smallest absolute Gasteiger partial charge is 0.326 e.